The van der Waals surface area contributed by atoms with Crippen LogP contribution in [0.2, 0.25) is 5.02 Å². The number of H-pyrrole nitrogens is 1. The number of nitrogens with two attached hydrogens (primary N) is 1. The number of rotatable bonds is 5. The molecule has 0 radical (unpaired) electrons. The standard InChI is InChI=1S/C26H30ClN5OS/c1-4-21-23(27)22-24(29-21)30-26(31-25(22)32-9-7-19(28)13-32)34-20-6-5-17(16(3)11-20)12-18-14-33-10-8-15(18)2/h5-6,11-12,19H,2,4,7-10,13-14,28H2,1,3H3,(H,29,30,31)/b18-12-/t19-/m1/s1. The van der Waals surface area contributed by atoms with Crippen molar-refractivity contribution in [3.05, 3.63) is 57.8 Å². The van der Waals surface area contributed by atoms with E-state index in [9.17, 15) is 0 Å². The Balaban J connectivity index is 1.47. The molecule has 2 saturated heterocycles. The van der Waals surface area contributed by atoms with Gasteiger partial charge in [-0.25, -0.2) is 9.97 Å². The molecule has 4 heterocycles. The number of benzene rings is 1. The van der Waals surface area contributed by atoms with Gasteiger partial charge in [-0.3, -0.25) is 0 Å². The van der Waals surface area contributed by atoms with E-state index in [1.54, 1.807) is 11.8 Å². The highest BCUT2D eigenvalue weighted by Gasteiger charge is 2.26. The molecular weight excluding hydrogens is 466 g/mol. The normalized spacial score (nSPS) is 20.1. The van der Waals surface area contributed by atoms with Gasteiger partial charge in [0.1, 0.15) is 11.5 Å². The van der Waals surface area contributed by atoms with E-state index in [0.717, 1.165) is 72.0 Å². The molecule has 2 fully saturated rings. The first-order chi connectivity index (χ1) is 16.4. The maximum Gasteiger partial charge on any atom is 0.196 e. The van der Waals surface area contributed by atoms with E-state index in [-0.39, 0.29) is 6.04 Å². The molecule has 8 heteroatoms. The molecule has 2 aliphatic rings. The van der Waals surface area contributed by atoms with Crippen molar-refractivity contribution in [3.8, 4) is 0 Å². The summed E-state index contributed by atoms with van der Waals surface area (Å²) in [6.07, 6.45) is 4.84. The van der Waals surface area contributed by atoms with Crippen LogP contribution in [0.1, 0.15) is 36.6 Å². The summed E-state index contributed by atoms with van der Waals surface area (Å²) in [4.78, 5) is 16.5. The minimum absolute atomic E-state index is 0.152. The van der Waals surface area contributed by atoms with Gasteiger partial charge in [-0.05, 0) is 78.4 Å². The van der Waals surface area contributed by atoms with Crippen molar-refractivity contribution in [3.63, 3.8) is 0 Å². The lowest BCUT2D eigenvalue weighted by Crippen LogP contribution is -2.27. The molecule has 0 saturated carbocycles. The molecule has 0 bridgehead atoms. The SMILES string of the molecule is C=C1CCOC/C1=C/c1ccc(Sc2nc(N3CC[C@@H](N)C3)c3c(Cl)c(CC)[nH]c3n2)cc1C. The number of hydrogen-bond acceptors (Lipinski definition) is 6. The Morgan fingerprint density at radius 3 is 2.94 bits per heavy atom. The number of aryl methyl sites for hydroxylation is 2. The first-order valence-corrected chi connectivity index (χ1v) is 13.0. The Kier molecular flexibility index (Phi) is 6.71. The van der Waals surface area contributed by atoms with E-state index in [1.807, 2.05) is 0 Å². The summed E-state index contributed by atoms with van der Waals surface area (Å²) in [5.41, 5.74) is 12.7. The fraction of sp³-hybridized carbons (Fsp3) is 0.385. The highest BCUT2D eigenvalue weighted by Crippen LogP contribution is 2.38. The second-order valence-corrected chi connectivity index (χ2v) is 10.4. The average Bonchev–Trinajstić information content (AvgIpc) is 3.39. The monoisotopic (exact) mass is 495 g/mol. The maximum absolute atomic E-state index is 6.72. The number of fused-ring (bicyclic) bond motifs is 1. The highest BCUT2D eigenvalue weighted by atomic mass is 35.5. The maximum atomic E-state index is 6.72. The van der Waals surface area contributed by atoms with E-state index >= 15 is 0 Å². The van der Waals surface area contributed by atoms with Crippen molar-refractivity contribution in [1.29, 1.82) is 0 Å². The third-order valence-corrected chi connectivity index (χ3v) is 7.81. The van der Waals surface area contributed by atoms with Crippen LogP contribution >= 0.6 is 23.4 Å². The lowest BCUT2D eigenvalue weighted by atomic mass is 9.99. The summed E-state index contributed by atoms with van der Waals surface area (Å²) >= 11 is 8.28. The molecular formula is C26H30ClN5OS. The van der Waals surface area contributed by atoms with Crippen molar-refractivity contribution in [2.24, 2.45) is 5.73 Å². The molecule has 178 valence electrons. The zero-order chi connectivity index (χ0) is 23.8. The molecule has 1 aromatic carbocycles. The number of aromatic nitrogens is 3. The van der Waals surface area contributed by atoms with Crippen LogP contribution in [0, 0.1) is 6.92 Å². The molecule has 3 aromatic rings. The van der Waals surface area contributed by atoms with Crippen LogP contribution in [-0.2, 0) is 11.2 Å². The summed E-state index contributed by atoms with van der Waals surface area (Å²) in [5.74, 6) is 0.871. The highest BCUT2D eigenvalue weighted by molar-refractivity contribution is 7.99. The number of nitrogens with zero attached hydrogens (tertiary/aromatic N) is 3. The van der Waals surface area contributed by atoms with E-state index in [1.165, 1.54) is 16.7 Å². The van der Waals surface area contributed by atoms with Crippen LogP contribution in [-0.4, -0.2) is 47.3 Å². The first kappa shape index (κ1) is 23.4. The topological polar surface area (TPSA) is 80.1 Å². The van der Waals surface area contributed by atoms with Gasteiger partial charge in [-0.2, -0.15) is 0 Å². The van der Waals surface area contributed by atoms with Gasteiger partial charge >= 0.3 is 0 Å². The van der Waals surface area contributed by atoms with Crippen LogP contribution in [0.3, 0.4) is 0 Å². The number of hydrogen-bond donors (Lipinski definition) is 2. The van der Waals surface area contributed by atoms with Crippen LogP contribution in [0.5, 0.6) is 0 Å². The minimum atomic E-state index is 0.152. The Labute approximate surface area is 209 Å². The lowest BCUT2D eigenvalue weighted by Gasteiger charge is -2.19. The van der Waals surface area contributed by atoms with Gasteiger partial charge in [0.25, 0.3) is 0 Å². The predicted octanol–water partition coefficient (Wildman–Crippen LogP) is 5.53. The third kappa shape index (κ3) is 4.62. The van der Waals surface area contributed by atoms with Gasteiger partial charge in [0, 0.05) is 29.7 Å². The van der Waals surface area contributed by atoms with Gasteiger partial charge in [0.2, 0.25) is 0 Å². The smallest absolute Gasteiger partial charge is 0.196 e. The van der Waals surface area contributed by atoms with Gasteiger partial charge in [0.05, 0.1) is 23.6 Å². The van der Waals surface area contributed by atoms with Gasteiger partial charge < -0.3 is 20.4 Å². The van der Waals surface area contributed by atoms with Crippen LogP contribution < -0.4 is 10.6 Å². The molecule has 0 aliphatic carbocycles. The fourth-order valence-corrected chi connectivity index (χ4v) is 5.73. The van der Waals surface area contributed by atoms with Gasteiger partial charge in [0.15, 0.2) is 5.16 Å². The molecule has 1 atom stereocenters. The first-order valence-electron chi connectivity index (χ1n) is 11.8. The van der Waals surface area contributed by atoms with E-state index in [4.69, 9.17) is 32.0 Å². The third-order valence-electron chi connectivity index (χ3n) is 6.54. The van der Waals surface area contributed by atoms with Crippen LogP contribution in [0.25, 0.3) is 17.1 Å². The van der Waals surface area contributed by atoms with E-state index < -0.39 is 0 Å². The van der Waals surface area contributed by atoms with Gasteiger partial charge in [-0.15, -0.1) is 0 Å². The summed E-state index contributed by atoms with van der Waals surface area (Å²) in [7, 11) is 0. The lowest BCUT2D eigenvalue weighted by molar-refractivity contribution is 0.147. The van der Waals surface area contributed by atoms with Crippen molar-refractivity contribution >= 4 is 46.3 Å². The molecule has 2 aromatic heterocycles. The molecule has 6 nitrogen and oxygen atoms in total. The number of anilines is 1. The van der Waals surface area contributed by atoms with Crippen molar-refractivity contribution < 1.29 is 4.74 Å². The molecule has 0 spiro atoms. The van der Waals surface area contributed by atoms with Crippen LogP contribution in [0.4, 0.5) is 5.82 Å². The number of ether oxygens (including phenoxy) is 1. The van der Waals surface area contributed by atoms with Crippen molar-refractivity contribution in [2.45, 2.75) is 49.2 Å². The van der Waals surface area contributed by atoms with Gasteiger partial charge in [-0.1, -0.05) is 31.2 Å². The summed E-state index contributed by atoms with van der Waals surface area (Å²) < 4.78 is 5.61. The molecule has 5 rings (SSSR count). The molecule has 0 unspecified atom stereocenters. The summed E-state index contributed by atoms with van der Waals surface area (Å²) in [6.45, 7) is 11.4. The number of nitrogens with one attached hydrogen (secondary N) is 1. The second kappa shape index (κ2) is 9.74. The zero-order valence-corrected chi connectivity index (χ0v) is 21.2. The molecule has 0 amide bonds. The average molecular weight is 496 g/mol. The minimum Gasteiger partial charge on any atom is -0.376 e. The largest absolute Gasteiger partial charge is 0.376 e. The Morgan fingerprint density at radius 1 is 1.38 bits per heavy atom. The fourth-order valence-electron chi connectivity index (χ4n) is 4.52. The van der Waals surface area contributed by atoms with Crippen molar-refractivity contribution in [1.82, 2.24) is 15.0 Å². The predicted molar refractivity (Wildman–Crippen MR) is 141 cm³/mol. The van der Waals surface area contributed by atoms with E-state index in [2.05, 4.69) is 54.6 Å². The Hall–Kier alpha value is -2.32. The second-order valence-electron chi connectivity index (χ2n) is 9.02. The van der Waals surface area contributed by atoms with E-state index in [0.29, 0.717) is 16.8 Å². The molecule has 3 N–H and O–H groups in total. The summed E-state index contributed by atoms with van der Waals surface area (Å²) in [6, 6.07) is 6.60. The molecule has 34 heavy (non-hydrogen) atoms. The zero-order valence-electron chi connectivity index (χ0n) is 19.7. The van der Waals surface area contributed by atoms with Crippen molar-refractivity contribution in [2.75, 3.05) is 31.2 Å². The Bertz CT molecular complexity index is 1280. The number of halogens is 1. The molecule has 2 aliphatic heterocycles. The summed E-state index contributed by atoms with van der Waals surface area (Å²) in [5, 5.41) is 2.30. The number of aromatic amines is 1. The quantitative estimate of drug-likeness (QED) is 0.453. The Morgan fingerprint density at radius 2 is 2.24 bits per heavy atom. The van der Waals surface area contributed by atoms with Crippen LogP contribution in [0.15, 0.2) is 46.0 Å².